The van der Waals surface area contributed by atoms with Crippen molar-refractivity contribution in [2.24, 2.45) is 0 Å². The lowest BCUT2D eigenvalue weighted by Crippen LogP contribution is -2.10. The minimum atomic E-state index is -0.750. The van der Waals surface area contributed by atoms with Crippen LogP contribution in [0, 0.1) is 0 Å². The Bertz CT molecular complexity index is 285. The summed E-state index contributed by atoms with van der Waals surface area (Å²) in [5, 5.41) is 14.2. The molecule has 2 nitrogen and oxygen atoms in total. The molecule has 0 saturated carbocycles. The maximum Gasteiger partial charge on any atom is 0.432 e. The van der Waals surface area contributed by atoms with Crippen LogP contribution in [0.5, 0.6) is 0 Å². The highest BCUT2D eigenvalue weighted by molar-refractivity contribution is 6.13. The third-order valence-electron chi connectivity index (χ3n) is 2.01. The molecule has 0 radical (unpaired) electrons. The van der Waals surface area contributed by atoms with Crippen molar-refractivity contribution < 1.29 is 10.0 Å². The molecule has 1 aromatic carbocycles. The molecular weight excluding hydrogens is 187 g/mol. The third-order valence-corrected chi connectivity index (χ3v) is 2.01. The summed E-state index contributed by atoms with van der Waals surface area (Å²) in [6.07, 6.45) is 1.87. The molecule has 0 aliphatic carbocycles. The second-order valence-electron chi connectivity index (χ2n) is 4.22. The zero-order valence-electron chi connectivity index (χ0n) is 9.70. The van der Waals surface area contributed by atoms with E-state index in [0.29, 0.717) is 0 Å². The first kappa shape index (κ1) is 13.9. The van der Waals surface area contributed by atoms with Gasteiger partial charge in [0.2, 0.25) is 0 Å². The smallest absolute Gasteiger partial charge is 0.430 e. The van der Waals surface area contributed by atoms with Crippen LogP contribution in [0.25, 0.3) is 6.08 Å². The zero-order chi connectivity index (χ0) is 11.9. The highest BCUT2D eigenvalue weighted by atomic mass is 16.4. The van der Waals surface area contributed by atoms with E-state index in [2.05, 4.69) is 51.6 Å². The quantitative estimate of drug-likeness (QED) is 0.688. The summed E-state index contributed by atoms with van der Waals surface area (Å²) in [6.45, 7) is 10.4. The van der Waals surface area contributed by atoms with Crippen LogP contribution in [0.4, 0.5) is 0 Å². The average molecular weight is 206 g/mol. The maximum absolute atomic E-state index is 7.12. The number of rotatable bonds is 1. The average Bonchev–Trinajstić information content (AvgIpc) is 2.18. The molecule has 0 aliphatic rings. The van der Waals surface area contributed by atoms with Crippen molar-refractivity contribution in [3.8, 4) is 0 Å². The fourth-order valence-electron chi connectivity index (χ4n) is 1.12. The standard InChI is InChI=1S/C12H16.BH3O2/c1-5-10-6-8-11(9-7-10)12(2,3)4;2-1-3/h5-9H,1H2,2-4H3;1-3H. The lowest BCUT2D eigenvalue weighted by molar-refractivity contribution is 0.448. The molecule has 1 aromatic rings. The Morgan fingerprint density at radius 1 is 1.13 bits per heavy atom. The van der Waals surface area contributed by atoms with E-state index in [1.165, 1.54) is 11.1 Å². The highest BCUT2D eigenvalue weighted by Crippen LogP contribution is 2.22. The van der Waals surface area contributed by atoms with Gasteiger partial charge in [0.15, 0.2) is 0 Å². The van der Waals surface area contributed by atoms with Crippen molar-refractivity contribution in [3.05, 3.63) is 42.0 Å². The van der Waals surface area contributed by atoms with Crippen molar-refractivity contribution in [2.45, 2.75) is 26.2 Å². The number of hydrogen-bond acceptors (Lipinski definition) is 2. The molecule has 0 spiro atoms. The van der Waals surface area contributed by atoms with Gasteiger partial charge in [0.05, 0.1) is 0 Å². The van der Waals surface area contributed by atoms with E-state index < -0.39 is 7.69 Å². The SMILES string of the molecule is C=Cc1ccc(C(C)(C)C)cc1.OBO. The summed E-state index contributed by atoms with van der Waals surface area (Å²) >= 11 is 0. The monoisotopic (exact) mass is 206 g/mol. The molecule has 0 aliphatic heterocycles. The minimum Gasteiger partial charge on any atom is -0.430 e. The van der Waals surface area contributed by atoms with Gasteiger partial charge < -0.3 is 10.0 Å². The molecule has 0 saturated heterocycles. The van der Waals surface area contributed by atoms with Gasteiger partial charge >= 0.3 is 7.69 Å². The topological polar surface area (TPSA) is 40.5 Å². The summed E-state index contributed by atoms with van der Waals surface area (Å²) in [7, 11) is -0.750. The van der Waals surface area contributed by atoms with Gasteiger partial charge in [0.1, 0.15) is 0 Å². The molecule has 0 bridgehead atoms. The van der Waals surface area contributed by atoms with Crippen LogP contribution in [-0.4, -0.2) is 17.7 Å². The Labute approximate surface area is 92.6 Å². The third kappa shape index (κ3) is 5.40. The summed E-state index contributed by atoms with van der Waals surface area (Å²) in [5.41, 5.74) is 2.80. The van der Waals surface area contributed by atoms with Crippen LogP contribution in [0.3, 0.4) is 0 Å². The van der Waals surface area contributed by atoms with Gasteiger partial charge in [-0.3, -0.25) is 0 Å². The molecule has 1 rings (SSSR count). The molecular formula is C12H19BO2. The molecule has 15 heavy (non-hydrogen) atoms. The second kappa shape index (κ2) is 6.43. The van der Waals surface area contributed by atoms with E-state index >= 15 is 0 Å². The van der Waals surface area contributed by atoms with Crippen LogP contribution in [0.15, 0.2) is 30.8 Å². The predicted molar refractivity (Wildman–Crippen MR) is 66.8 cm³/mol. The molecule has 0 amide bonds. The second-order valence-corrected chi connectivity index (χ2v) is 4.22. The minimum absolute atomic E-state index is 0.250. The largest absolute Gasteiger partial charge is 0.432 e. The summed E-state index contributed by atoms with van der Waals surface area (Å²) < 4.78 is 0. The van der Waals surface area contributed by atoms with E-state index in [0.717, 1.165) is 0 Å². The van der Waals surface area contributed by atoms with Crippen molar-refractivity contribution in [1.29, 1.82) is 0 Å². The van der Waals surface area contributed by atoms with Gasteiger partial charge in [-0.1, -0.05) is 57.7 Å². The van der Waals surface area contributed by atoms with Gasteiger partial charge in [-0.2, -0.15) is 0 Å². The molecule has 0 heterocycles. The van der Waals surface area contributed by atoms with Crippen molar-refractivity contribution >= 4 is 13.8 Å². The Hall–Kier alpha value is -1.06. The summed E-state index contributed by atoms with van der Waals surface area (Å²) in [4.78, 5) is 0. The van der Waals surface area contributed by atoms with Crippen molar-refractivity contribution in [2.75, 3.05) is 0 Å². The summed E-state index contributed by atoms with van der Waals surface area (Å²) in [5.74, 6) is 0. The molecule has 0 unspecified atom stereocenters. The Morgan fingerprint density at radius 2 is 1.53 bits per heavy atom. The lowest BCUT2D eigenvalue weighted by atomic mass is 9.87. The Morgan fingerprint density at radius 3 is 1.80 bits per heavy atom. The van der Waals surface area contributed by atoms with Crippen LogP contribution in [-0.2, 0) is 5.41 Å². The van der Waals surface area contributed by atoms with Crippen LogP contribution < -0.4 is 0 Å². The van der Waals surface area contributed by atoms with Crippen molar-refractivity contribution in [1.82, 2.24) is 0 Å². The van der Waals surface area contributed by atoms with E-state index in [-0.39, 0.29) is 5.41 Å². The first-order chi connectivity index (χ1) is 6.95. The van der Waals surface area contributed by atoms with Crippen LogP contribution in [0.2, 0.25) is 0 Å². The van der Waals surface area contributed by atoms with Gasteiger partial charge in [0.25, 0.3) is 0 Å². The van der Waals surface area contributed by atoms with Gasteiger partial charge in [-0.15, -0.1) is 0 Å². The molecule has 2 N–H and O–H groups in total. The molecule has 0 atom stereocenters. The Kier molecular flexibility index (Phi) is 5.98. The normalized spacial score (nSPS) is 9.93. The molecule has 3 heteroatoms. The molecule has 82 valence electrons. The van der Waals surface area contributed by atoms with E-state index in [4.69, 9.17) is 10.0 Å². The highest BCUT2D eigenvalue weighted by Gasteiger charge is 2.12. The fraction of sp³-hybridized carbons (Fsp3) is 0.333. The Balaban J connectivity index is 0.000000583. The lowest BCUT2D eigenvalue weighted by Gasteiger charge is -2.18. The summed E-state index contributed by atoms with van der Waals surface area (Å²) in [6, 6.07) is 8.54. The number of benzene rings is 1. The first-order valence-corrected chi connectivity index (χ1v) is 4.90. The van der Waals surface area contributed by atoms with Gasteiger partial charge in [-0.05, 0) is 16.5 Å². The maximum atomic E-state index is 7.12. The van der Waals surface area contributed by atoms with E-state index in [1.54, 1.807) is 0 Å². The van der Waals surface area contributed by atoms with Gasteiger partial charge in [0, 0.05) is 0 Å². The van der Waals surface area contributed by atoms with Crippen LogP contribution in [0.1, 0.15) is 31.9 Å². The number of hydrogen-bond donors (Lipinski definition) is 2. The zero-order valence-corrected chi connectivity index (χ0v) is 9.70. The molecule has 0 fully saturated rings. The van der Waals surface area contributed by atoms with Crippen LogP contribution >= 0.6 is 0 Å². The molecule has 0 aromatic heterocycles. The predicted octanol–water partition coefficient (Wildman–Crippen LogP) is 1.86. The fourth-order valence-corrected chi connectivity index (χ4v) is 1.12. The van der Waals surface area contributed by atoms with E-state index in [9.17, 15) is 0 Å². The van der Waals surface area contributed by atoms with Crippen molar-refractivity contribution in [3.63, 3.8) is 0 Å². The van der Waals surface area contributed by atoms with E-state index in [1.807, 2.05) is 6.08 Å². The first-order valence-electron chi connectivity index (χ1n) is 4.90. The van der Waals surface area contributed by atoms with Gasteiger partial charge in [-0.25, -0.2) is 0 Å².